The number of hydrogen-bond donors (Lipinski definition) is 1. The summed E-state index contributed by atoms with van der Waals surface area (Å²) in [5.41, 5.74) is 0.927. The van der Waals surface area contributed by atoms with Crippen LogP contribution in [0.1, 0.15) is 18.1 Å². The molecule has 22 heavy (non-hydrogen) atoms. The van der Waals surface area contributed by atoms with Crippen molar-refractivity contribution in [1.82, 2.24) is 5.32 Å². The molecule has 0 unspecified atom stereocenters. The highest BCUT2D eigenvalue weighted by molar-refractivity contribution is 5.81. The summed E-state index contributed by atoms with van der Waals surface area (Å²) in [4.78, 5) is 11.1. The number of carbonyl (C=O) groups is 1. The highest BCUT2D eigenvalue weighted by atomic mass is 19.4. The third-order valence-electron chi connectivity index (χ3n) is 3.68. The third-order valence-corrected chi connectivity index (χ3v) is 3.68. The molecular formula is C17H16F3NO. The first kappa shape index (κ1) is 16.1. The highest BCUT2D eigenvalue weighted by Gasteiger charge is 2.40. The Bertz CT molecular complexity index is 584. The van der Waals surface area contributed by atoms with Crippen LogP contribution in [0.5, 0.6) is 0 Å². The van der Waals surface area contributed by atoms with E-state index < -0.39 is 17.5 Å². The minimum atomic E-state index is -4.88. The molecule has 2 aromatic rings. The molecule has 5 heteroatoms. The normalized spacial score (nSPS) is 12.0. The van der Waals surface area contributed by atoms with E-state index in [9.17, 15) is 18.0 Å². The van der Waals surface area contributed by atoms with Crippen molar-refractivity contribution in [3.8, 4) is 0 Å². The van der Waals surface area contributed by atoms with Gasteiger partial charge in [0.05, 0.1) is 0 Å². The van der Waals surface area contributed by atoms with Gasteiger partial charge in [-0.25, -0.2) is 0 Å². The molecule has 0 aliphatic rings. The summed E-state index contributed by atoms with van der Waals surface area (Å²) in [5.74, 6) is -1.93. The Hall–Kier alpha value is -2.30. The maximum atomic E-state index is 12.4. The zero-order valence-corrected chi connectivity index (χ0v) is 12.0. The molecule has 1 N–H and O–H groups in total. The van der Waals surface area contributed by atoms with Gasteiger partial charge >= 0.3 is 12.1 Å². The van der Waals surface area contributed by atoms with Gasteiger partial charge in [-0.3, -0.25) is 4.79 Å². The lowest BCUT2D eigenvalue weighted by Gasteiger charge is -2.31. The molecule has 0 aromatic heterocycles. The van der Waals surface area contributed by atoms with Crippen LogP contribution in [0.2, 0.25) is 0 Å². The van der Waals surface area contributed by atoms with Crippen LogP contribution >= 0.6 is 0 Å². The molecule has 0 aliphatic carbocycles. The largest absolute Gasteiger partial charge is 0.471 e. The number of carbonyl (C=O) groups excluding carboxylic acids is 1. The van der Waals surface area contributed by atoms with Crippen molar-refractivity contribution in [3.05, 3.63) is 71.8 Å². The highest BCUT2D eigenvalue weighted by Crippen LogP contribution is 2.31. The predicted octanol–water partition coefficient (Wildman–Crippen LogP) is 3.67. The van der Waals surface area contributed by atoms with Gasteiger partial charge in [0.25, 0.3) is 0 Å². The van der Waals surface area contributed by atoms with Gasteiger partial charge in [0, 0.05) is 12.0 Å². The van der Waals surface area contributed by atoms with Crippen LogP contribution in [0.4, 0.5) is 13.2 Å². The number of alkyl halides is 3. The van der Waals surface area contributed by atoms with Crippen LogP contribution in [0.15, 0.2) is 60.7 Å². The van der Waals surface area contributed by atoms with Crippen molar-refractivity contribution in [3.63, 3.8) is 0 Å². The molecule has 0 heterocycles. The lowest BCUT2D eigenvalue weighted by atomic mass is 9.76. The fourth-order valence-corrected chi connectivity index (χ4v) is 2.34. The first-order valence-corrected chi connectivity index (χ1v) is 6.80. The molecule has 0 saturated heterocycles. The van der Waals surface area contributed by atoms with Crippen LogP contribution in [0, 0.1) is 0 Å². The van der Waals surface area contributed by atoms with Crippen molar-refractivity contribution >= 4 is 5.91 Å². The number of hydrogen-bond acceptors (Lipinski definition) is 1. The second-order valence-corrected chi connectivity index (χ2v) is 5.24. The second-order valence-electron chi connectivity index (χ2n) is 5.24. The fraction of sp³-hybridized carbons (Fsp3) is 0.235. The quantitative estimate of drug-likeness (QED) is 0.917. The Kier molecular flexibility index (Phi) is 4.54. The molecule has 0 radical (unpaired) electrons. The van der Waals surface area contributed by atoms with Gasteiger partial charge in [-0.05, 0) is 18.1 Å². The Morgan fingerprint density at radius 3 is 1.68 bits per heavy atom. The van der Waals surface area contributed by atoms with Crippen molar-refractivity contribution < 1.29 is 18.0 Å². The van der Waals surface area contributed by atoms with E-state index in [0.717, 1.165) is 11.1 Å². The molecule has 0 fully saturated rings. The topological polar surface area (TPSA) is 29.1 Å². The summed E-state index contributed by atoms with van der Waals surface area (Å²) in [5, 5.41) is 2.00. The van der Waals surface area contributed by atoms with E-state index in [2.05, 4.69) is 0 Å². The molecule has 0 atom stereocenters. The Morgan fingerprint density at radius 2 is 1.32 bits per heavy atom. The van der Waals surface area contributed by atoms with Gasteiger partial charge in [-0.2, -0.15) is 13.2 Å². The Balaban J connectivity index is 2.33. The zero-order chi connectivity index (χ0) is 16.2. The number of benzene rings is 2. The molecule has 0 bridgehead atoms. The van der Waals surface area contributed by atoms with Gasteiger partial charge < -0.3 is 5.32 Å². The molecule has 1 amide bonds. The standard InChI is InChI=1S/C17H16F3NO/c1-16(13-8-4-2-5-9-13,14-10-6-3-7-11-14)12-21-15(22)17(18,19)20/h2-11H,12H2,1H3,(H,21,22). The predicted molar refractivity (Wildman–Crippen MR) is 78.4 cm³/mol. The smallest absolute Gasteiger partial charge is 0.347 e. The second kappa shape index (κ2) is 6.22. The number of nitrogens with one attached hydrogen (secondary N) is 1. The third kappa shape index (κ3) is 3.47. The lowest BCUT2D eigenvalue weighted by molar-refractivity contribution is -0.173. The van der Waals surface area contributed by atoms with E-state index in [1.807, 2.05) is 72.9 Å². The monoisotopic (exact) mass is 307 g/mol. The van der Waals surface area contributed by atoms with Crippen LogP contribution < -0.4 is 5.32 Å². The summed E-state index contributed by atoms with van der Waals surface area (Å²) >= 11 is 0. The van der Waals surface area contributed by atoms with Gasteiger partial charge in [0.2, 0.25) is 0 Å². The first-order chi connectivity index (χ1) is 10.3. The first-order valence-electron chi connectivity index (χ1n) is 6.80. The zero-order valence-electron chi connectivity index (χ0n) is 12.0. The average molecular weight is 307 g/mol. The average Bonchev–Trinajstić information content (AvgIpc) is 2.53. The van der Waals surface area contributed by atoms with Crippen molar-refractivity contribution in [1.29, 1.82) is 0 Å². The van der Waals surface area contributed by atoms with Crippen LogP contribution in [0.25, 0.3) is 0 Å². The number of rotatable bonds is 4. The number of halogens is 3. The summed E-state index contributed by atoms with van der Waals surface area (Å²) in [6.45, 7) is 1.67. The van der Waals surface area contributed by atoms with E-state index in [1.165, 1.54) is 0 Å². The molecular weight excluding hydrogens is 291 g/mol. The van der Waals surface area contributed by atoms with Crippen LogP contribution in [-0.4, -0.2) is 18.6 Å². The van der Waals surface area contributed by atoms with Gasteiger partial charge in [0.1, 0.15) is 0 Å². The minimum Gasteiger partial charge on any atom is -0.347 e. The Labute approximate surface area is 127 Å². The van der Waals surface area contributed by atoms with Crippen molar-refractivity contribution in [2.24, 2.45) is 0 Å². The summed E-state index contributed by atoms with van der Waals surface area (Å²) in [6.07, 6.45) is -4.88. The molecule has 2 nitrogen and oxygen atoms in total. The van der Waals surface area contributed by atoms with E-state index in [0.29, 0.717) is 0 Å². The fourth-order valence-electron chi connectivity index (χ4n) is 2.34. The van der Waals surface area contributed by atoms with Gasteiger partial charge in [-0.1, -0.05) is 60.7 Å². The SMILES string of the molecule is CC(CNC(=O)C(F)(F)F)(c1ccccc1)c1ccccc1. The van der Waals surface area contributed by atoms with Gasteiger partial charge in [-0.15, -0.1) is 0 Å². The van der Waals surface area contributed by atoms with Crippen molar-refractivity contribution in [2.45, 2.75) is 18.5 Å². The van der Waals surface area contributed by atoms with Crippen molar-refractivity contribution in [2.75, 3.05) is 6.54 Å². The summed E-state index contributed by atoms with van der Waals surface area (Å²) in [7, 11) is 0. The molecule has 2 rings (SSSR count). The molecule has 116 valence electrons. The van der Waals surface area contributed by atoms with Crippen LogP contribution in [0.3, 0.4) is 0 Å². The molecule has 0 aliphatic heterocycles. The van der Waals surface area contributed by atoms with E-state index in [4.69, 9.17) is 0 Å². The molecule has 2 aromatic carbocycles. The maximum absolute atomic E-state index is 12.4. The summed E-state index contributed by atoms with van der Waals surface area (Å²) in [6, 6.07) is 18.3. The van der Waals surface area contributed by atoms with E-state index in [1.54, 1.807) is 0 Å². The van der Waals surface area contributed by atoms with E-state index >= 15 is 0 Å². The molecule has 0 spiro atoms. The minimum absolute atomic E-state index is 0.140. The molecule has 0 saturated carbocycles. The maximum Gasteiger partial charge on any atom is 0.471 e. The Morgan fingerprint density at radius 1 is 0.909 bits per heavy atom. The van der Waals surface area contributed by atoms with E-state index in [-0.39, 0.29) is 6.54 Å². The lowest BCUT2D eigenvalue weighted by Crippen LogP contribution is -2.44. The van der Waals surface area contributed by atoms with Gasteiger partial charge in [0.15, 0.2) is 0 Å². The summed E-state index contributed by atoms with van der Waals surface area (Å²) < 4.78 is 37.3. The number of amides is 1. The van der Waals surface area contributed by atoms with Crippen LogP contribution in [-0.2, 0) is 10.2 Å².